The molecule has 0 saturated carbocycles. The van der Waals surface area contributed by atoms with Crippen LogP contribution in [-0.4, -0.2) is 69.3 Å². The number of anilines is 1. The van der Waals surface area contributed by atoms with Gasteiger partial charge in [-0.05, 0) is 87.6 Å². The maximum Gasteiger partial charge on any atom is 0.307 e. The molecule has 2 aromatic carbocycles. The van der Waals surface area contributed by atoms with Gasteiger partial charge in [0.1, 0.15) is 11.9 Å². The first kappa shape index (κ1) is 34.4. The number of amides is 2. The molecule has 0 aliphatic carbocycles. The molecule has 1 saturated heterocycles. The average molecular weight is 663 g/mol. The zero-order valence-corrected chi connectivity index (χ0v) is 27.5. The van der Waals surface area contributed by atoms with Crippen molar-refractivity contribution >= 4 is 35.0 Å². The number of halogens is 2. The van der Waals surface area contributed by atoms with Gasteiger partial charge in [-0.3, -0.25) is 14.4 Å². The molecule has 0 bridgehead atoms. The number of primary amides is 1. The van der Waals surface area contributed by atoms with Crippen molar-refractivity contribution in [2.45, 2.75) is 65.1 Å². The van der Waals surface area contributed by atoms with Crippen molar-refractivity contribution in [3.63, 3.8) is 0 Å². The first-order chi connectivity index (χ1) is 22.9. The number of piperidine rings is 1. The minimum absolute atomic E-state index is 0.112. The van der Waals surface area contributed by atoms with Crippen molar-refractivity contribution in [3.8, 4) is 16.9 Å². The van der Waals surface area contributed by atoms with Gasteiger partial charge in [-0.1, -0.05) is 26.0 Å². The van der Waals surface area contributed by atoms with Crippen molar-refractivity contribution in [1.29, 1.82) is 0 Å². The number of aliphatic carboxylic acids is 1. The largest absolute Gasteiger partial charge is 0.488 e. The molecule has 254 valence electrons. The first-order valence-electron chi connectivity index (χ1n) is 15.9. The van der Waals surface area contributed by atoms with Crippen LogP contribution in [0.25, 0.3) is 22.2 Å². The highest BCUT2D eigenvalue weighted by molar-refractivity contribution is 6.09. The summed E-state index contributed by atoms with van der Waals surface area (Å²) in [5, 5.41) is 14.8. The zero-order chi connectivity index (χ0) is 34.7. The number of nitrogens with zero attached hydrogens (tertiary/aromatic N) is 5. The molecule has 3 heterocycles. The first-order valence-corrected chi connectivity index (χ1v) is 15.9. The Balaban J connectivity index is 1.70. The molecule has 3 N–H and O–H groups in total. The second kappa shape index (κ2) is 14.5. The molecule has 11 nitrogen and oxygen atoms in total. The van der Waals surface area contributed by atoms with Gasteiger partial charge in [0, 0.05) is 10.9 Å². The Labute approximate surface area is 277 Å². The van der Waals surface area contributed by atoms with E-state index in [0.29, 0.717) is 46.2 Å². The minimum Gasteiger partial charge on any atom is -0.488 e. The molecule has 5 rings (SSSR count). The fraction of sp³-hybridized carbons (Fsp3) is 0.400. The number of likely N-dealkylation sites (tertiary alicyclic amines) is 1. The molecule has 13 heteroatoms. The lowest BCUT2D eigenvalue weighted by Crippen LogP contribution is -2.32. The van der Waals surface area contributed by atoms with Gasteiger partial charge in [-0.2, -0.15) is 5.10 Å². The Bertz CT molecular complexity index is 1840. The predicted molar refractivity (Wildman–Crippen MR) is 177 cm³/mol. The number of rotatable bonds is 13. The van der Waals surface area contributed by atoms with Crippen molar-refractivity contribution in [3.05, 3.63) is 71.1 Å². The second-order valence-corrected chi connectivity index (χ2v) is 12.8. The number of pyridine rings is 1. The fourth-order valence-corrected chi connectivity index (χ4v) is 6.23. The molecule has 1 atom stereocenters. The molecule has 1 fully saturated rings. The molecule has 2 amide bonds. The number of carbonyl (C=O) groups is 3. The summed E-state index contributed by atoms with van der Waals surface area (Å²) in [5.74, 6) is -3.53. The highest BCUT2D eigenvalue weighted by Crippen LogP contribution is 2.40. The fourth-order valence-electron chi connectivity index (χ4n) is 6.23. The predicted octanol–water partition coefficient (Wildman–Crippen LogP) is 5.35. The Morgan fingerprint density at radius 2 is 1.85 bits per heavy atom. The van der Waals surface area contributed by atoms with E-state index < -0.39 is 29.6 Å². The van der Waals surface area contributed by atoms with Crippen LogP contribution in [0.15, 0.2) is 42.6 Å². The average Bonchev–Trinajstić information content (AvgIpc) is 3.44. The number of carbonyl (C=O) groups excluding carboxylic acids is 2. The van der Waals surface area contributed by atoms with Crippen LogP contribution in [0, 0.1) is 17.6 Å². The SMILES string of the molecule is CC(C)Cc1nc2c(cnn2C2CCN(C)CC2)c(-c2ccc(N(C=O)Cc3ccc(F)c(F)c3)c(OC(C)CC(=O)O)c2)c1C(N)=O. The maximum atomic E-state index is 14.0. The zero-order valence-electron chi connectivity index (χ0n) is 27.5. The van der Waals surface area contributed by atoms with E-state index in [9.17, 15) is 28.3 Å². The summed E-state index contributed by atoms with van der Waals surface area (Å²) in [4.78, 5) is 45.6. The summed E-state index contributed by atoms with van der Waals surface area (Å²) >= 11 is 0. The van der Waals surface area contributed by atoms with E-state index in [2.05, 4.69) is 11.9 Å². The summed E-state index contributed by atoms with van der Waals surface area (Å²) in [6.07, 6.45) is 3.31. The monoisotopic (exact) mass is 662 g/mol. The number of aromatic nitrogens is 3. The summed E-state index contributed by atoms with van der Waals surface area (Å²) in [6.45, 7) is 7.32. The van der Waals surface area contributed by atoms with Crippen LogP contribution in [0.3, 0.4) is 0 Å². The molecule has 2 aromatic heterocycles. The van der Waals surface area contributed by atoms with Gasteiger partial charge in [0.15, 0.2) is 17.3 Å². The molecule has 1 aliphatic rings. The molecule has 48 heavy (non-hydrogen) atoms. The summed E-state index contributed by atoms with van der Waals surface area (Å²) in [6, 6.07) is 8.39. The van der Waals surface area contributed by atoms with Gasteiger partial charge < -0.3 is 25.4 Å². The summed E-state index contributed by atoms with van der Waals surface area (Å²) < 4.78 is 35.7. The Kier molecular flexibility index (Phi) is 10.4. The third-order valence-electron chi connectivity index (χ3n) is 8.51. The van der Waals surface area contributed by atoms with Crippen LogP contribution in [-0.2, 0) is 22.6 Å². The van der Waals surface area contributed by atoms with E-state index in [-0.39, 0.29) is 41.9 Å². The number of carboxylic acid groups (broad SMARTS) is 1. The molecular weight excluding hydrogens is 622 g/mol. The number of carboxylic acids is 1. The van der Waals surface area contributed by atoms with Gasteiger partial charge in [-0.15, -0.1) is 0 Å². The van der Waals surface area contributed by atoms with E-state index >= 15 is 0 Å². The Morgan fingerprint density at radius 3 is 2.48 bits per heavy atom. The van der Waals surface area contributed by atoms with Crippen LogP contribution in [0.4, 0.5) is 14.5 Å². The van der Waals surface area contributed by atoms with Gasteiger partial charge in [-0.25, -0.2) is 18.4 Å². The maximum absolute atomic E-state index is 14.0. The van der Waals surface area contributed by atoms with Crippen molar-refractivity contribution in [1.82, 2.24) is 19.7 Å². The summed E-state index contributed by atoms with van der Waals surface area (Å²) in [5.41, 5.74) is 9.04. The number of ether oxygens (including phenoxy) is 1. The van der Waals surface area contributed by atoms with Gasteiger partial charge in [0.05, 0.1) is 42.1 Å². The van der Waals surface area contributed by atoms with E-state index in [1.54, 1.807) is 31.3 Å². The molecule has 1 unspecified atom stereocenters. The number of hydrogen-bond donors (Lipinski definition) is 2. The third-order valence-corrected chi connectivity index (χ3v) is 8.51. The lowest BCUT2D eigenvalue weighted by atomic mass is 9.92. The lowest BCUT2D eigenvalue weighted by molar-refractivity contribution is -0.138. The normalized spacial score (nSPS) is 14.7. The van der Waals surface area contributed by atoms with Gasteiger partial charge in [0.25, 0.3) is 5.91 Å². The van der Waals surface area contributed by atoms with E-state index in [0.717, 1.165) is 38.1 Å². The van der Waals surface area contributed by atoms with Crippen LogP contribution in [0.1, 0.15) is 67.7 Å². The quantitative estimate of drug-likeness (QED) is 0.183. The molecule has 4 aromatic rings. The van der Waals surface area contributed by atoms with Crippen LogP contribution < -0.4 is 15.4 Å². The van der Waals surface area contributed by atoms with Crippen molar-refractivity contribution < 1.29 is 33.0 Å². The lowest BCUT2D eigenvalue weighted by Gasteiger charge is -2.29. The molecular formula is C35H40F2N6O5. The van der Waals surface area contributed by atoms with Crippen LogP contribution >= 0.6 is 0 Å². The smallest absolute Gasteiger partial charge is 0.307 e. The van der Waals surface area contributed by atoms with E-state index in [1.165, 1.54) is 11.0 Å². The third kappa shape index (κ3) is 7.46. The topological polar surface area (TPSA) is 144 Å². The van der Waals surface area contributed by atoms with Crippen LogP contribution in [0.2, 0.25) is 0 Å². The number of fused-ring (bicyclic) bond motifs is 1. The van der Waals surface area contributed by atoms with Gasteiger partial charge in [0.2, 0.25) is 6.41 Å². The molecule has 1 aliphatic heterocycles. The standard InChI is InChI=1S/C35H40F2N6O5/c1-20(2)13-28-33(34(38)47)32(25-17-39-43(35(25)40-28)24-9-11-41(4)12-10-24)23-6-8-29(30(16-23)48-21(3)14-31(45)46)42(19-44)18-22-5-7-26(36)27(37)15-22/h5-8,15-17,19-21,24H,9-14,18H2,1-4H3,(H2,38,47)(H,45,46). The number of benzene rings is 2. The highest BCUT2D eigenvalue weighted by Gasteiger charge is 2.28. The highest BCUT2D eigenvalue weighted by atomic mass is 19.2. The minimum atomic E-state index is -1.08. The van der Waals surface area contributed by atoms with E-state index in [1.807, 2.05) is 18.5 Å². The molecule has 0 spiro atoms. The Morgan fingerprint density at radius 1 is 1.12 bits per heavy atom. The molecule has 0 radical (unpaired) electrons. The summed E-state index contributed by atoms with van der Waals surface area (Å²) in [7, 11) is 2.08. The van der Waals surface area contributed by atoms with Gasteiger partial charge >= 0.3 is 5.97 Å². The number of nitrogens with two attached hydrogens (primary N) is 1. The van der Waals surface area contributed by atoms with E-state index in [4.69, 9.17) is 20.6 Å². The Hall–Kier alpha value is -4.91. The van der Waals surface area contributed by atoms with Crippen molar-refractivity contribution in [2.75, 3.05) is 25.0 Å². The second-order valence-electron chi connectivity index (χ2n) is 12.8. The number of hydrogen-bond acceptors (Lipinski definition) is 7. The van der Waals surface area contributed by atoms with Crippen LogP contribution in [0.5, 0.6) is 5.75 Å². The van der Waals surface area contributed by atoms with Crippen molar-refractivity contribution in [2.24, 2.45) is 11.7 Å².